The third-order valence-electron chi connectivity index (χ3n) is 4.20. The van der Waals surface area contributed by atoms with Crippen LogP contribution in [-0.4, -0.2) is 23.1 Å². The van der Waals surface area contributed by atoms with Crippen molar-refractivity contribution in [3.05, 3.63) is 52.9 Å². The van der Waals surface area contributed by atoms with Crippen LogP contribution in [0.5, 0.6) is 0 Å². The van der Waals surface area contributed by atoms with Gasteiger partial charge in [0.1, 0.15) is 5.82 Å². The maximum Gasteiger partial charge on any atom is 0.224 e. The van der Waals surface area contributed by atoms with Crippen molar-refractivity contribution in [2.45, 2.75) is 26.2 Å². The normalized spacial score (nSPS) is 16.2. The molecule has 0 radical (unpaired) electrons. The Balaban J connectivity index is 1.61. The molecule has 110 valence electrons. The number of halogens is 1. The summed E-state index contributed by atoms with van der Waals surface area (Å²) in [5, 5.41) is 0.335. The molecule has 0 spiro atoms. The van der Waals surface area contributed by atoms with Crippen LogP contribution < -0.4 is 4.90 Å². The molecule has 3 rings (SSSR count). The lowest BCUT2D eigenvalue weighted by molar-refractivity contribution is 0.402. The molecule has 1 aromatic heterocycles. The molecular formula is C17H20ClN3. The highest BCUT2D eigenvalue weighted by atomic mass is 35.5. The monoisotopic (exact) mass is 301 g/mol. The van der Waals surface area contributed by atoms with Crippen LogP contribution in [0.15, 0.2) is 36.5 Å². The predicted molar refractivity (Wildman–Crippen MR) is 86.9 cm³/mol. The van der Waals surface area contributed by atoms with Gasteiger partial charge in [0, 0.05) is 24.8 Å². The van der Waals surface area contributed by atoms with Gasteiger partial charge in [0.2, 0.25) is 5.28 Å². The van der Waals surface area contributed by atoms with Crippen LogP contribution in [0, 0.1) is 12.8 Å². The first-order valence-electron chi connectivity index (χ1n) is 7.50. The smallest absolute Gasteiger partial charge is 0.224 e. The van der Waals surface area contributed by atoms with Gasteiger partial charge in [0.05, 0.1) is 0 Å². The Morgan fingerprint density at radius 3 is 2.62 bits per heavy atom. The van der Waals surface area contributed by atoms with Gasteiger partial charge < -0.3 is 4.90 Å². The van der Waals surface area contributed by atoms with Gasteiger partial charge in [-0.25, -0.2) is 9.97 Å². The zero-order valence-electron chi connectivity index (χ0n) is 12.3. The van der Waals surface area contributed by atoms with Gasteiger partial charge in [0.25, 0.3) is 0 Å². The second-order valence-corrected chi connectivity index (χ2v) is 6.10. The van der Waals surface area contributed by atoms with E-state index in [0.717, 1.165) is 30.4 Å². The van der Waals surface area contributed by atoms with Gasteiger partial charge in [-0.2, -0.15) is 0 Å². The van der Waals surface area contributed by atoms with Crippen molar-refractivity contribution < 1.29 is 0 Å². The van der Waals surface area contributed by atoms with E-state index in [0.29, 0.717) is 5.28 Å². The van der Waals surface area contributed by atoms with E-state index < -0.39 is 0 Å². The number of aryl methyl sites for hydroxylation is 1. The Kier molecular flexibility index (Phi) is 4.39. The van der Waals surface area contributed by atoms with Crippen LogP contribution in [0.25, 0.3) is 0 Å². The Morgan fingerprint density at radius 2 is 1.90 bits per heavy atom. The van der Waals surface area contributed by atoms with E-state index in [2.05, 4.69) is 45.2 Å². The minimum absolute atomic E-state index is 0.335. The zero-order chi connectivity index (χ0) is 14.7. The summed E-state index contributed by atoms with van der Waals surface area (Å²) in [6.07, 6.45) is 5.39. The fourth-order valence-corrected chi connectivity index (χ4v) is 3.16. The molecule has 0 saturated carbocycles. The number of anilines is 1. The van der Waals surface area contributed by atoms with Crippen LogP contribution in [-0.2, 0) is 6.42 Å². The number of hydrogen-bond donors (Lipinski definition) is 0. The van der Waals surface area contributed by atoms with E-state index in [4.69, 9.17) is 11.6 Å². The number of benzene rings is 1. The van der Waals surface area contributed by atoms with E-state index >= 15 is 0 Å². The lowest BCUT2D eigenvalue weighted by Crippen LogP contribution is -2.35. The molecule has 2 heterocycles. The summed E-state index contributed by atoms with van der Waals surface area (Å²) < 4.78 is 0. The van der Waals surface area contributed by atoms with Gasteiger partial charge in [-0.3, -0.25) is 0 Å². The van der Waals surface area contributed by atoms with Crippen molar-refractivity contribution in [2.24, 2.45) is 5.92 Å². The van der Waals surface area contributed by atoms with E-state index in [1.165, 1.54) is 24.8 Å². The van der Waals surface area contributed by atoms with E-state index in [-0.39, 0.29) is 0 Å². The molecule has 0 aliphatic carbocycles. The SMILES string of the molecule is Cc1cnc(Cl)nc1N1CCC(Cc2ccccc2)CC1. The standard InChI is InChI=1S/C17H20ClN3/c1-13-12-19-17(18)20-16(13)21-9-7-15(8-10-21)11-14-5-3-2-4-6-14/h2-6,12,15H,7-11H2,1H3. The maximum atomic E-state index is 5.92. The van der Waals surface area contributed by atoms with Crippen molar-refractivity contribution >= 4 is 17.4 Å². The molecule has 0 N–H and O–H groups in total. The number of piperidine rings is 1. The summed E-state index contributed by atoms with van der Waals surface area (Å²) in [7, 11) is 0. The molecule has 0 amide bonds. The topological polar surface area (TPSA) is 29.0 Å². The Hall–Kier alpha value is -1.61. The summed E-state index contributed by atoms with van der Waals surface area (Å²) in [4.78, 5) is 10.8. The Bertz CT molecular complexity index is 592. The molecule has 3 nitrogen and oxygen atoms in total. The predicted octanol–water partition coefficient (Wildman–Crippen LogP) is 3.90. The molecule has 0 atom stereocenters. The third-order valence-corrected chi connectivity index (χ3v) is 4.38. The summed E-state index contributed by atoms with van der Waals surface area (Å²) in [6.45, 7) is 4.14. The molecule has 0 unspecified atom stereocenters. The van der Waals surface area contributed by atoms with Crippen LogP contribution in [0.4, 0.5) is 5.82 Å². The first-order valence-corrected chi connectivity index (χ1v) is 7.88. The Morgan fingerprint density at radius 1 is 1.19 bits per heavy atom. The molecule has 0 bridgehead atoms. The fraction of sp³-hybridized carbons (Fsp3) is 0.412. The molecule has 1 aliphatic heterocycles. The van der Waals surface area contributed by atoms with E-state index in [1.807, 2.05) is 6.92 Å². The summed E-state index contributed by atoms with van der Waals surface area (Å²) in [5.74, 6) is 1.76. The van der Waals surface area contributed by atoms with Gasteiger partial charge in [-0.05, 0) is 49.3 Å². The van der Waals surface area contributed by atoms with Gasteiger partial charge in [-0.15, -0.1) is 0 Å². The first-order chi connectivity index (χ1) is 10.2. The van der Waals surface area contributed by atoms with Crippen molar-refractivity contribution in [3.63, 3.8) is 0 Å². The lowest BCUT2D eigenvalue weighted by atomic mass is 9.90. The molecule has 1 saturated heterocycles. The van der Waals surface area contributed by atoms with Crippen molar-refractivity contribution in [1.82, 2.24) is 9.97 Å². The second-order valence-electron chi connectivity index (χ2n) is 5.77. The summed E-state index contributed by atoms with van der Waals surface area (Å²) in [6, 6.07) is 10.8. The summed E-state index contributed by atoms with van der Waals surface area (Å²) in [5.41, 5.74) is 2.54. The highest BCUT2D eigenvalue weighted by Gasteiger charge is 2.21. The highest BCUT2D eigenvalue weighted by molar-refractivity contribution is 6.28. The van der Waals surface area contributed by atoms with E-state index in [9.17, 15) is 0 Å². The first kappa shape index (κ1) is 14.3. The highest BCUT2D eigenvalue weighted by Crippen LogP contribution is 2.26. The molecular weight excluding hydrogens is 282 g/mol. The van der Waals surface area contributed by atoms with Crippen molar-refractivity contribution in [1.29, 1.82) is 0 Å². The molecule has 2 aromatic rings. The Labute approximate surface area is 131 Å². The average Bonchev–Trinajstić information content (AvgIpc) is 2.52. The minimum atomic E-state index is 0.335. The maximum absolute atomic E-state index is 5.92. The third kappa shape index (κ3) is 3.53. The average molecular weight is 302 g/mol. The molecule has 4 heteroatoms. The minimum Gasteiger partial charge on any atom is -0.356 e. The van der Waals surface area contributed by atoms with Crippen LogP contribution in [0.1, 0.15) is 24.0 Å². The largest absolute Gasteiger partial charge is 0.356 e. The fourth-order valence-electron chi connectivity index (χ4n) is 3.03. The second kappa shape index (κ2) is 6.44. The lowest BCUT2D eigenvalue weighted by Gasteiger charge is -2.33. The van der Waals surface area contributed by atoms with Gasteiger partial charge in [-0.1, -0.05) is 30.3 Å². The molecule has 1 aliphatic rings. The number of nitrogens with zero attached hydrogens (tertiary/aromatic N) is 3. The molecule has 21 heavy (non-hydrogen) atoms. The van der Waals surface area contributed by atoms with Crippen LogP contribution in [0.3, 0.4) is 0 Å². The summed E-state index contributed by atoms with van der Waals surface area (Å²) >= 11 is 5.92. The molecule has 1 fully saturated rings. The van der Waals surface area contributed by atoms with Crippen molar-refractivity contribution in [2.75, 3.05) is 18.0 Å². The number of hydrogen-bond acceptors (Lipinski definition) is 3. The van der Waals surface area contributed by atoms with Crippen LogP contribution >= 0.6 is 11.6 Å². The molecule has 1 aromatic carbocycles. The van der Waals surface area contributed by atoms with Gasteiger partial charge >= 0.3 is 0 Å². The number of rotatable bonds is 3. The number of aromatic nitrogens is 2. The van der Waals surface area contributed by atoms with Crippen molar-refractivity contribution in [3.8, 4) is 0 Å². The van der Waals surface area contributed by atoms with E-state index in [1.54, 1.807) is 6.20 Å². The van der Waals surface area contributed by atoms with Gasteiger partial charge in [0.15, 0.2) is 0 Å². The quantitative estimate of drug-likeness (QED) is 0.805. The van der Waals surface area contributed by atoms with Crippen LogP contribution in [0.2, 0.25) is 5.28 Å². The zero-order valence-corrected chi connectivity index (χ0v) is 13.1.